The van der Waals surface area contributed by atoms with E-state index >= 15 is 0 Å². The molecular formula is C17H31NO3SSn. The van der Waals surface area contributed by atoms with Gasteiger partial charge in [0.05, 0.1) is 0 Å². The van der Waals surface area contributed by atoms with E-state index in [1.54, 1.807) is 13.3 Å². The maximum absolute atomic E-state index is 10.2. The van der Waals surface area contributed by atoms with E-state index in [1.165, 1.54) is 56.9 Å². The van der Waals surface area contributed by atoms with Crippen LogP contribution in [0.25, 0.3) is 0 Å². The van der Waals surface area contributed by atoms with Gasteiger partial charge in [-0.15, -0.1) is 0 Å². The van der Waals surface area contributed by atoms with E-state index in [1.807, 2.05) is 0 Å². The van der Waals surface area contributed by atoms with Gasteiger partial charge < -0.3 is 4.55 Å². The van der Waals surface area contributed by atoms with Crippen LogP contribution in [-0.4, -0.2) is 37.7 Å². The Labute approximate surface area is 149 Å². The summed E-state index contributed by atoms with van der Waals surface area (Å²) in [6, 6.07) is 4.13. The monoisotopic (exact) mass is 449 g/mol. The van der Waals surface area contributed by atoms with Crippen molar-refractivity contribution in [3.05, 3.63) is 24.4 Å². The van der Waals surface area contributed by atoms with Crippen molar-refractivity contribution >= 4 is 29.9 Å². The quantitative estimate of drug-likeness (QED) is 0.379. The fourth-order valence-corrected chi connectivity index (χ4v) is 12.0. The van der Waals surface area contributed by atoms with Crippen LogP contribution in [0.1, 0.15) is 59.3 Å². The third-order valence-corrected chi connectivity index (χ3v) is 13.4. The van der Waals surface area contributed by atoms with E-state index in [9.17, 15) is 13.0 Å². The Hall–Kier alpha value is -0.141. The predicted octanol–water partition coefficient (Wildman–Crippen LogP) is 4.87. The summed E-state index contributed by atoms with van der Waals surface area (Å²) < 4.78 is 35.7. The van der Waals surface area contributed by atoms with Gasteiger partial charge in [0.15, 0.2) is 0 Å². The summed E-state index contributed by atoms with van der Waals surface area (Å²) in [5.41, 5.74) is 0. The molecule has 23 heavy (non-hydrogen) atoms. The van der Waals surface area contributed by atoms with Crippen LogP contribution in [0.4, 0.5) is 0 Å². The molecule has 1 rings (SSSR count). The second-order valence-electron chi connectivity index (χ2n) is 5.68. The van der Waals surface area contributed by atoms with E-state index in [-0.39, 0.29) is 0 Å². The molecule has 0 amide bonds. The van der Waals surface area contributed by atoms with E-state index in [0.717, 1.165) is 6.07 Å². The summed E-state index contributed by atoms with van der Waals surface area (Å²) >= 11 is -0.839. The van der Waals surface area contributed by atoms with Crippen LogP contribution in [0.2, 0.25) is 13.3 Å². The zero-order valence-electron chi connectivity index (χ0n) is 14.8. The normalized spacial score (nSPS) is 10.8. The van der Waals surface area contributed by atoms with E-state index in [2.05, 4.69) is 25.8 Å². The molecular weight excluding hydrogens is 417 g/mol. The van der Waals surface area contributed by atoms with Crippen LogP contribution in [0, 0.1) is 0 Å². The molecule has 0 aliphatic heterocycles. The molecule has 0 bridgehead atoms. The first-order chi connectivity index (χ1) is 11.0. The average Bonchev–Trinajstić information content (AvgIpc) is 2.55. The van der Waals surface area contributed by atoms with Gasteiger partial charge >= 0.3 is 92.4 Å². The molecule has 132 valence electrons. The molecule has 0 aliphatic rings. The van der Waals surface area contributed by atoms with Crippen LogP contribution in [-0.2, 0) is 10.1 Å². The summed E-state index contributed by atoms with van der Waals surface area (Å²) in [6.45, 7) is 7.00. The molecule has 0 aliphatic carbocycles. The Balaban J connectivity index is 0.000000433. The van der Waals surface area contributed by atoms with Crippen molar-refractivity contribution in [1.29, 1.82) is 0 Å². The molecule has 0 saturated heterocycles. The molecule has 4 nitrogen and oxygen atoms in total. The molecule has 0 N–H and O–H groups in total. The van der Waals surface area contributed by atoms with Crippen molar-refractivity contribution < 1.29 is 13.0 Å². The molecule has 0 unspecified atom stereocenters. The fraction of sp³-hybridized carbons (Fsp3) is 0.706. The van der Waals surface area contributed by atoms with Gasteiger partial charge in [0, 0.05) is 6.20 Å². The number of aromatic nitrogens is 1. The first-order valence-electron chi connectivity index (χ1n) is 8.66. The molecule has 0 aromatic carbocycles. The van der Waals surface area contributed by atoms with Gasteiger partial charge in [0.25, 0.3) is 0 Å². The van der Waals surface area contributed by atoms with Crippen molar-refractivity contribution in [2.45, 2.75) is 77.6 Å². The smallest absolute Gasteiger partial charge is 0.142 e. The minimum atomic E-state index is -4.36. The number of unbranched alkanes of at least 4 members (excludes halogenated alkanes) is 3. The minimum Gasteiger partial charge on any atom is -0.743 e. The Bertz CT molecular complexity index is 461. The Morgan fingerprint density at radius 1 is 0.957 bits per heavy atom. The standard InChI is InChI=1S/C5H5NO3S.3C4H9.Sn/c7-10(8,9)5-3-1-2-4-6-5;3*1-3-4-2;/h1-4H,(H,7,8,9);3*1,3-4H2,2H3;/q;;;;+1/p-1. The van der Waals surface area contributed by atoms with Gasteiger partial charge in [-0.3, -0.25) is 0 Å². The molecule has 0 spiro atoms. The Morgan fingerprint density at radius 3 is 1.70 bits per heavy atom. The number of rotatable bonds is 10. The van der Waals surface area contributed by atoms with Crippen LogP contribution in [0.15, 0.2) is 29.4 Å². The van der Waals surface area contributed by atoms with Crippen molar-refractivity contribution in [2.75, 3.05) is 0 Å². The van der Waals surface area contributed by atoms with E-state index in [4.69, 9.17) is 0 Å². The molecule has 0 radical (unpaired) electrons. The van der Waals surface area contributed by atoms with E-state index in [0.29, 0.717) is 0 Å². The van der Waals surface area contributed by atoms with Crippen LogP contribution in [0.5, 0.6) is 0 Å². The first-order valence-corrected chi connectivity index (χ1v) is 16.1. The second-order valence-corrected chi connectivity index (χ2v) is 15.6. The van der Waals surface area contributed by atoms with Gasteiger partial charge in [0.2, 0.25) is 0 Å². The van der Waals surface area contributed by atoms with Crippen molar-refractivity contribution in [3.63, 3.8) is 0 Å². The van der Waals surface area contributed by atoms with Gasteiger partial charge in [-0.25, -0.2) is 13.4 Å². The summed E-state index contributed by atoms with van der Waals surface area (Å²) in [7, 11) is -4.36. The minimum absolute atomic E-state index is 0.435. The van der Waals surface area contributed by atoms with E-state index < -0.39 is 34.9 Å². The summed E-state index contributed by atoms with van der Waals surface area (Å²) in [6.07, 6.45) is 10.1. The predicted molar refractivity (Wildman–Crippen MR) is 97.1 cm³/mol. The van der Waals surface area contributed by atoms with Gasteiger partial charge in [-0.2, -0.15) is 0 Å². The van der Waals surface area contributed by atoms with Crippen LogP contribution < -0.4 is 0 Å². The molecule has 0 fully saturated rings. The number of nitrogens with zero attached hydrogens (tertiary/aromatic N) is 1. The maximum Gasteiger partial charge on any atom is 0.142 e. The Morgan fingerprint density at radius 2 is 1.43 bits per heavy atom. The number of hydrogen-bond donors (Lipinski definition) is 0. The molecule has 1 heterocycles. The third kappa shape index (κ3) is 12.9. The number of pyridine rings is 1. The third-order valence-electron chi connectivity index (χ3n) is 3.55. The van der Waals surface area contributed by atoms with Crippen LogP contribution >= 0.6 is 0 Å². The molecule has 0 saturated carbocycles. The topological polar surface area (TPSA) is 70.1 Å². The largest absolute Gasteiger partial charge is 0.743 e. The zero-order chi connectivity index (χ0) is 17.6. The second kappa shape index (κ2) is 14.2. The van der Waals surface area contributed by atoms with Gasteiger partial charge in [-0.05, 0) is 12.1 Å². The summed E-state index contributed by atoms with van der Waals surface area (Å²) in [5.74, 6) is 0. The summed E-state index contributed by atoms with van der Waals surface area (Å²) in [5, 5.41) is -0.435. The molecule has 6 heteroatoms. The van der Waals surface area contributed by atoms with Gasteiger partial charge in [-0.1, -0.05) is 6.07 Å². The van der Waals surface area contributed by atoms with Gasteiger partial charge in [0.1, 0.15) is 15.1 Å². The molecule has 1 aromatic heterocycles. The Kier molecular flexibility index (Phi) is 14.1. The van der Waals surface area contributed by atoms with Crippen molar-refractivity contribution in [2.24, 2.45) is 0 Å². The number of hydrogen-bond acceptors (Lipinski definition) is 4. The zero-order valence-corrected chi connectivity index (χ0v) is 18.4. The fourth-order valence-electron chi connectivity index (χ4n) is 2.15. The van der Waals surface area contributed by atoms with Crippen molar-refractivity contribution in [3.8, 4) is 0 Å². The SMILES string of the molecule is CCC[CH2][Sn+]([CH2]CCC)[CH2]CCC.O=S(=O)([O-])c1ccccn1. The molecule has 1 aromatic rings. The first kappa shape index (κ1) is 22.9. The van der Waals surface area contributed by atoms with Crippen molar-refractivity contribution in [1.82, 2.24) is 4.98 Å². The van der Waals surface area contributed by atoms with Crippen LogP contribution in [0.3, 0.4) is 0 Å². The maximum atomic E-state index is 10.2. The molecule has 0 atom stereocenters. The average molecular weight is 448 g/mol. The summed E-state index contributed by atoms with van der Waals surface area (Å²) in [4.78, 5) is 3.35.